The average Bonchev–Trinajstić information content (AvgIpc) is 3.34. The maximum absolute atomic E-state index is 11.7. The minimum atomic E-state index is -0.279. The van der Waals surface area contributed by atoms with E-state index in [1.165, 1.54) is 6.08 Å². The molecule has 1 aromatic heterocycles. The van der Waals surface area contributed by atoms with E-state index in [4.69, 9.17) is 9.72 Å². The van der Waals surface area contributed by atoms with Gasteiger partial charge in [0.2, 0.25) is 11.9 Å². The number of benzene rings is 2. The number of amides is 1. The van der Waals surface area contributed by atoms with Crippen LogP contribution in [0.25, 0.3) is 11.3 Å². The van der Waals surface area contributed by atoms with Gasteiger partial charge in [-0.05, 0) is 36.4 Å². The van der Waals surface area contributed by atoms with E-state index in [0.29, 0.717) is 50.3 Å². The number of hydrogen-bond donors (Lipinski definition) is 5. The Morgan fingerprint density at radius 3 is 2.82 bits per heavy atom. The van der Waals surface area contributed by atoms with Crippen LogP contribution in [0.1, 0.15) is 5.56 Å². The largest absolute Gasteiger partial charge is 0.506 e. The van der Waals surface area contributed by atoms with Crippen molar-refractivity contribution in [3.8, 4) is 17.0 Å². The lowest BCUT2D eigenvalue weighted by molar-refractivity contribution is -0.111. The molecule has 3 heterocycles. The second-order valence-electron chi connectivity index (χ2n) is 7.90. The molecule has 1 fully saturated rings. The molecule has 1 amide bonds. The van der Waals surface area contributed by atoms with Crippen molar-refractivity contribution in [2.45, 2.75) is 6.54 Å². The smallest absolute Gasteiger partial charge is 0.247 e. The van der Waals surface area contributed by atoms with Gasteiger partial charge in [-0.15, -0.1) is 0 Å². The van der Waals surface area contributed by atoms with Gasteiger partial charge < -0.3 is 30.8 Å². The predicted molar refractivity (Wildman–Crippen MR) is 131 cm³/mol. The van der Waals surface area contributed by atoms with E-state index in [0.717, 1.165) is 28.2 Å². The normalized spacial score (nSPS) is 14.8. The number of carbonyl (C=O) groups excluding carboxylic acids is 1. The summed E-state index contributed by atoms with van der Waals surface area (Å²) >= 11 is 0. The van der Waals surface area contributed by atoms with Crippen molar-refractivity contribution in [3.05, 3.63) is 60.7 Å². The third-order valence-corrected chi connectivity index (χ3v) is 5.65. The highest BCUT2D eigenvalue weighted by molar-refractivity contribution is 5.99. The van der Waals surface area contributed by atoms with Crippen molar-refractivity contribution in [3.63, 3.8) is 0 Å². The molecule has 0 spiro atoms. The lowest BCUT2D eigenvalue weighted by Crippen LogP contribution is -2.36. The van der Waals surface area contributed by atoms with Crippen molar-refractivity contribution in [2.24, 2.45) is 0 Å². The topological polar surface area (TPSA) is 124 Å². The van der Waals surface area contributed by atoms with E-state index < -0.39 is 0 Å². The Hall–Kier alpha value is -4.15. The van der Waals surface area contributed by atoms with Crippen molar-refractivity contribution in [1.82, 2.24) is 15.4 Å². The van der Waals surface area contributed by atoms with E-state index in [9.17, 15) is 9.90 Å². The Bertz CT molecular complexity index is 1240. The zero-order valence-corrected chi connectivity index (χ0v) is 18.5. The number of anilines is 5. The number of ether oxygens (including phenoxy) is 1. The molecule has 174 valence electrons. The van der Waals surface area contributed by atoms with Gasteiger partial charge in [-0.1, -0.05) is 18.7 Å². The SMILES string of the molecule is C=CC(=O)Nc1cccc(-c2nc(Nc3ccc(O)c(N4CCOCC4)c3)nc3c2CNN3)c1. The fraction of sp³-hybridized carbons (Fsp3) is 0.208. The highest BCUT2D eigenvalue weighted by Crippen LogP contribution is 2.34. The quantitative estimate of drug-likeness (QED) is 0.280. The second kappa shape index (κ2) is 9.38. The molecule has 3 aromatic rings. The van der Waals surface area contributed by atoms with Crippen LogP contribution in [-0.2, 0) is 16.1 Å². The van der Waals surface area contributed by atoms with Gasteiger partial charge >= 0.3 is 0 Å². The van der Waals surface area contributed by atoms with Crippen LogP contribution in [0.5, 0.6) is 5.75 Å². The first-order valence-corrected chi connectivity index (χ1v) is 11.0. The van der Waals surface area contributed by atoms with E-state index >= 15 is 0 Å². The molecule has 5 rings (SSSR count). The molecule has 34 heavy (non-hydrogen) atoms. The van der Waals surface area contributed by atoms with Crippen LogP contribution in [0.3, 0.4) is 0 Å². The highest BCUT2D eigenvalue weighted by atomic mass is 16.5. The molecule has 2 aliphatic rings. The molecule has 2 aliphatic heterocycles. The molecule has 2 aromatic carbocycles. The van der Waals surface area contributed by atoms with Gasteiger partial charge in [0, 0.05) is 42.1 Å². The van der Waals surface area contributed by atoms with Crippen LogP contribution in [0.2, 0.25) is 0 Å². The molecule has 0 radical (unpaired) electrons. The van der Waals surface area contributed by atoms with Gasteiger partial charge in [0.15, 0.2) is 5.82 Å². The monoisotopic (exact) mass is 459 g/mol. The summed E-state index contributed by atoms with van der Waals surface area (Å²) in [6.07, 6.45) is 1.23. The zero-order valence-electron chi connectivity index (χ0n) is 18.5. The lowest BCUT2D eigenvalue weighted by Gasteiger charge is -2.29. The number of phenols is 1. The average molecular weight is 460 g/mol. The molecule has 0 aliphatic carbocycles. The number of nitrogens with one attached hydrogen (secondary N) is 4. The maximum Gasteiger partial charge on any atom is 0.247 e. The van der Waals surface area contributed by atoms with E-state index in [1.54, 1.807) is 12.1 Å². The summed E-state index contributed by atoms with van der Waals surface area (Å²) in [5, 5.41) is 16.4. The minimum Gasteiger partial charge on any atom is -0.506 e. The fourth-order valence-electron chi connectivity index (χ4n) is 3.99. The standard InChI is InChI=1S/C24H25N7O3/c1-2-21(33)26-16-5-3-4-15(12-16)22-18-14-25-30-23(18)29-24(28-22)27-17-6-7-20(32)19(13-17)31-8-10-34-11-9-31/h2-7,12-13,25,32H,1,8-11,14H2,(H,26,33)(H2,27,28,29,30). The first kappa shape index (κ1) is 21.7. The van der Waals surface area contributed by atoms with Crippen molar-refractivity contribution < 1.29 is 14.6 Å². The molecule has 10 nitrogen and oxygen atoms in total. The maximum atomic E-state index is 11.7. The third kappa shape index (κ3) is 4.49. The molecular weight excluding hydrogens is 434 g/mol. The van der Waals surface area contributed by atoms with E-state index in [2.05, 4.69) is 37.9 Å². The number of nitrogens with zero attached hydrogens (tertiary/aromatic N) is 3. The van der Waals surface area contributed by atoms with Crippen molar-refractivity contribution >= 4 is 34.7 Å². The number of hydrazine groups is 1. The number of carbonyl (C=O) groups is 1. The number of morpholine rings is 1. The van der Waals surface area contributed by atoms with Gasteiger partial charge in [-0.25, -0.2) is 10.4 Å². The number of aromatic hydroxyl groups is 1. The number of rotatable bonds is 6. The van der Waals surface area contributed by atoms with Crippen LogP contribution in [0.4, 0.5) is 28.8 Å². The Morgan fingerprint density at radius 2 is 2.00 bits per heavy atom. The Balaban J connectivity index is 1.47. The molecule has 10 heteroatoms. The Morgan fingerprint density at radius 1 is 1.15 bits per heavy atom. The number of fused-ring (bicyclic) bond motifs is 1. The summed E-state index contributed by atoms with van der Waals surface area (Å²) < 4.78 is 5.42. The van der Waals surface area contributed by atoms with Crippen molar-refractivity contribution in [2.75, 3.05) is 47.3 Å². The third-order valence-electron chi connectivity index (χ3n) is 5.65. The van der Waals surface area contributed by atoms with Crippen LogP contribution >= 0.6 is 0 Å². The highest BCUT2D eigenvalue weighted by Gasteiger charge is 2.21. The van der Waals surface area contributed by atoms with E-state index in [-0.39, 0.29) is 11.7 Å². The molecule has 0 saturated carbocycles. The van der Waals surface area contributed by atoms with Crippen LogP contribution in [0.15, 0.2) is 55.1 Å². The van der Waals surface area contributed by atoms with Crippen LogP contribution in [-0.4, -0.2) is 47.3 Å². The second-order valence-corrected chi connectivity index (χ2v) is 7.90. The van der Waals surface area contributed by atoms with Crippen LogP contribution < -0.4 is 26.4 Å². The summed E-state index contributed by atoms with van der Waals surface area (Å²) in [6.45, 7) is 6.73. The first-order chi connectivity index (χ1) is 16.6. The first-order valence-electron chi connectivity index (χ1n) is 11.0. The van der Waals surface area contributed by atoms with Gasteiger partial charge in [0.25, 0.3) is 0 Å². The number of aromatic nitrogens is 2. The fourth-order valence-corrected chi connectivity index (χ4v) is 3.99. The Labute approximate surface area is 196 Å². The molecule has 0 atom stereocenters. The molecule has 0 bridgehead atoms. The zero-order chi connectivity index (χ0) is 23.5. The molecular formula is C24H25N7O3. The summed E-state index contributed by atoms with van der Waals surface area (Å²) in [5.41, 5.74) is 10.8. The van der Waals surface area contributed by atoms with Gasteiger partial charge in [-0.2, -0.15) is 4.98 Å². The Kier molecular flexibility index (Phi) is 5.98. The summed E-state index contributed by atoms with van der Waals surface area (Å²) in [6, 6.07) is 12.8. The summed E-state index contributed by atoms with van der Waals surface area (Å²) in [4.78, 5) is 23.2. The van der Waals surface area contributed by atoms with Crippen LogP contribution in [0, 0.1) is 0 Å². The van der Waals surface area contributed by atoms with Crippen molar-refractivity contribution in [1.29, 1.82) is 0 Å². The minimum absolute atomic E-state index is 0.215. The lowest BCUT2D eigenvalue weighted by atomic mass is 10.1. The summed E-state index contributed by atoms with van der Waals surface area (Å²) in [5.74, 6) is 1.02. The summed E-state index contributed by atoms with van der Waals surface area (Å²) in [7, 11) is 0. The molecule has 1 saturated heterocycles. The predicted octanol–water partition coefficient (Wildman–Crippen LogP) is 2.98. The number of phenolic OH excluding ortho intramolecular Hbond substituents is 1. The van der Waals surface area contributed by atoms with Gasteiger partial charge in [0.1, 0.15) is 5.75 Å². The molecule has 0 unspecified atom stereocenters. The van der Waals surface area contributed by atoms with Gasteiger partial charge in [0.05, 0.1) is 24.6 Å². The van der Waals surface area contributed by atoms with E-state index in [1.807, 2.05) is 30.3 Å². The van der Waals surface area contributed by atoms with Gasteiger partial charge in [-0.3, -0.25) is 4.79 Å². The molecule has 5 N–H and O–H groups in total. The number of hydrogen-bond acceptors (Lipinski definition) is 9.